The van der Waals surface area contributed by atoms with Gasteiger partial charge in [0.05, 0.1) is 0 Å². The number of pyridine rings is 1. The van der Waals surface area contributed by atoms with Crippen molar-refractivity contribution in [1.29, 1.82) is 0 Å². The Balaban J connectivity index is 1.95. The van der Waals surface area contributed by atoms with Crippen molar-refractivity contribution in [2.45, 2.75) is 19.4 Å². The van der Waals surface area contributed by atoms with E-state index >= 15 is 0 Å². The first kappa shape index (κ1) is 12.1. The van der Waals surface area contributed by atoms with E-state index in [1.807, 2.05) is 30.0 Å². The van der Waals surface area contributed by atoms with Crippen molar-refractivity contribution in [3.63, 3.8) is 0 Å². The minimum absolute atomic E-state index is 0.0233. The van der Waals surface area contributed by atoms with Crippen molar-refractivity contribution in [2.24, 2.45) is 5.73 Å². The summed E-state index contributed by atoms with van der Waals surface area (Å²) in [6.45, 7) is 2.76. The zero-order valence-electron chi connectivity index (χ0n) is 10.8. The van der Waals surface area contributed by atoms with E-state index in [1.54, 1.807) is 12.3 Å². The maximum Gasteiger partial charge on any atom is 0.132 e. The standard InChI is InChI=1S/C15H16FN3/c1-10(17)12-3-5-15(18-9-12)19-7-6-11-2-4-13(16)8-14(11)19/h2-5,8-10H,6-7,17H2,1H3. The highest BCUT2D eigenvalue weighted by Crippen LogP contribution is 2.34. The molecule has 19 heavy (non-hydrogen) atoms. The minimum atomic E-state index is -0.210. The van der Waals surface area contributed by atoms with Crippen LogP contribution in [0.2, 0.25) is 0 Å². The highest BCUT2D eigenvalue weighted by molar-refractivity contribution is 5.67. The molecule has 3 rings (SSSR count). The monoisotopic (exact) mass is 257 g/mol. The molecule has 0 saturated heterocycles. The summed E-state index contributed by atoms with van der Waals surface area (Å²) in [5.74, 6) is 0.631. The molecule has 0 aliphatic carbocycles. The summed E-state index contributed by atoms with van der Waals surface area (Å²) in [4.78, 5) is 6.48. The van der Waals surface area contributed by atoms with Crippen molar-refractivity contribution in [3.8, 4) is 0 Å². The number of hydrogen-bond acceptors (Lipinski definition) is 3. The second kappa shape index (κ2) is 4.63. The van der Waals surface area contributed by atoms with E-state index in [4.69, 9.17) is 5.73 Å². The molecule has 0 bridgehead atoms. The first-order valence-electron chi connectivity index (χ1n) is 6.42. The van der Waals surface area contributed by atoms with Crippen molar-refractivity contribution in [1.82, 2.24) is 4.98 Å². The van der Waals surface area contributed by atoms with E-state index in [0.717, 1.165) is 30.0 Å². The molecular formula is C15H16FN3. The van der Waals surface area contributed by atoms with Crippen molar-refractivity contribution < 1.29 is 4.39 Å². The van der Waals surface area contributed by atoms with Crippen LogP contribution < -0.4 is 10.6 Å². The third-order valence-electron chi connectivity index (χ3n) is 3.52. The van der Waals surface area contributed by atoms with E-state index in [1.165, 1.54) is 11.6 Å². The van der Waals surface area contributed by atoms with Gasteiger partial charge >= 0.3 is 0 Å². The maximum atomic E-state index is 13.4. The first-order valence-corrected chi connectivity index (χ1v) is 6.42. The van der Waals surface area contributed by atoms with Gasteiger partial charge in [-0.1, -0.05) is 12.1 Å². The van der Waals surface area contributed by atoms with Gasteiger partial charge in [0.25, 0.3) is 0 Å². The third kappa shape index (κ3) is 2.19. The Morgan fingerprint density at radius 2 is 2.16 bits per heavy atom. The lowest BCUT2D eigenvalue weighted by atomic mass is 10.1. The number of nitrogens with zero attached hydrogens (tertiary/aromatic N) is 2. The molecule has 2 aromatic rings. The van der Waals surface area contributed by atoms with Gasteiger partial charge in [0.2, 0.25) is 0 Å². The van der Waals surface area contributed by atoms with E-state index in [0.29, 0.717) is 0 Å². The quantitative estimate of drug-likeness (QED) is 0.899. The highest BCUT2D eigenvalue weighted by Gasteiger charge is 2.21. The fourth-order valence-corrected chi connectivity index (χ4v) is 2.42. The fraction of sp³-hybridized carbons (Fsp3) is 0.267. The molecule has 98 valence electrons. The Bertz CT molecular complexity index is 593. The topological polar surface area (TPSA) is 42.1 Å². The van der Waals surface area contributed by atoms with Gasteiger partial charge in [-0.15, -0.1) is 0 Å². The predicted octanol–water partition coefficient (Wildman–Crippen LogP) is 2.93. The molecule has 3 nitrogen and oxygen atoms in total. The molecule has 1 aromatic carbocycles. The summed E-state index contributed by atoms with van der Waals surface area (Å²) in [5.41, 5.74) is 8.90. The molecule has 2 heterocycles. The lowest BCUT2D eigenvalue weighted by Crippen LogP contribution is -2.15. The molecule has 0 amide bonds. The molecule has 0 saturated carbocycles. The molecule has 1 unspecified atom stereocenters. The minimum Gasteiger partial charge on any atom is -0.326 e. The van der Waals surface area contributed by atoms with Gasteiger partial charge in [-0.05, 0) is 42.7 Å². The van der Waals surface area contributed by atoms with Gasteiger partial charge in [0.1, 0.15) is 11.6 Å². The van der Waals surface area contributed by atoms with Crippen molar-refractivity contribution in [2.75, 3.05) is 11.4 Å². The Morgan fingerprint density at radius 3 is 2.84 bits per heavy atom. The summed E-state index contributed by atoms with van der Waals surface area (Å²) in [7, 11) is 0. The van der Waals surface area contributed by atoms with E-state index in [9.17, 15) is 4.39 Å². The highest BCUT2D eigenvalue weighted by atomic mass is 19.1. The summed E-state index contributed by atoms with van der Waals surface area (Å²) in [6, 6.07) is 8.83. The van der Waals surface area contributed by atoms with Crippen LogP contribution in [0.4, 0.5) is 15.9 Å². The van der Waals surface area contributed by atoms with E-state index in [-0.39, 0.29) is 11.9 Å². The maximum absolute atomic E-state index is 13.4. The normalized spacial score (nSPS) is 15.4. The average molecular weight is 257 g/mol. The molecule has 1 atom stereocenters. The number of aromatic nitrogens is 1. The zero-order chi connectivity index (χ0) is 13.4. The molecule has 1 aliphatic heterocycles. The summed E-state index contributed by atoms with van der Waals surface area (Å²) >= 11 is 0. The summed E-state index contributed by atoms with van der Waals surface area (Å²) in [5, 5.41) is 0. The molecule has 4 heteroatoms. The number of nitrogens with two attached hydrogens (primary N) is 1. The largest absolute Gasteiger partial charge is 0.326 e. The van der Waals surface area contributed by atoms with Crippen LogP contribution in [0, 0.1) is 5.82 Å². The van der Waals surface area contributed by atoms with Crippen LogP contribution in [-0.4, -0.2) is 11.5 Å². The van der Waals surface area contributed by atoms with Crippen LogP contribution in [0.25, 0.3) is 0 Å². The van der Waals surface area contributed by atoms with E-state index in [2.05, 4.69) is 4.98 Å². The van der Waals surface area contributed by atoms with Gasteiger partial charge in [-0.3, -0.25) is 0 Å². The molecule has 0 spiro atoms. The van der Waals surface area contributed by atoms with Crippen LogP contribution in [0.5, 0.6) is 0 Å². The average Bonchev–Trinajstić information content (AvgIpc) is 2.81. The molecule has 1 aromatic heterocycles. The van der Waals surface area contributed by atoms with Gasteiger partial charge in [-0.25, -0.2) is 9.37 Å². The van der Waals surface area contributed by atoms with Gasteiger partial charge in [0, 0.05) is 24.5 Å². The Kier molecular flexibility index (Phi) is 2.95. The van der Waals surface area contributed by atoms with Gasteiger partial charge < -0.3 is 10.6 Å². The number of fused-ring (bicyclic) bond motifs is 1. The third-order valence-corrected chi connectivity index (χ3v) is 3.52. The molecular weight excluding hydrogens is 241 g/mol. The van der Waals surface area contributed by atoms with Crippen LogP contribution in [0.1, 0.15) is 24.1 Å². The Morgan fingerprint density at radius 1 is 1.32 bits per heavy atom. The molecule has 0 fully saturated rings. The lowest BCUT2D eigenvalue weighted by molar-refractivity contribution is 0.628. The molecule has 1 aliphatic rings. The van der Waals surface area contributed by atoms with Crippen LogP contribution >= 0.6 is 0 Å². The zero-order valence-corrected chi connectivity index (χ0v) is 10.8. The summed E-state index contributed by atoms with van der Waals surface area (Å²) < 4.78 is 13.4. The summed E-state index contributed by atoms with van der Waals surface area (Å²) in [6.07, 6.45) is 2.71. The van der Waals surface area contributed by atoms with Crippen LogP contribution in [-0.2, 0) is 6.42 Å². The lowest BCUT2D eigenvalue weighted by Gasteiger charge is -2.19. The number of hydrogen-bond donors (Lipinski definition) is 1. The SMILES string of the molecule is CC(N)c1ccc(N2CCc3ccc(F)cc32)nc1. The van der Waals surface area contributed by atoms with Crippen molar-refractivity contribution in [3.05, 3.63) is 53.5 Å². The van der Waals surface area contributed by atoms with Crippen LogP contribution in [0.15, 0.2) is 36.5 Å². The number of anilines is 2. The number of rotatable bonds is 2. The van der Waals surface area contributed by atoms with Crippen molar-refractivity contribution >= 4 is 11.5 Å². The van der Waals surface area contributed by atoms with Crippen LogP contribution in [0.3, 0.4) is 0 Å². The Labute approximate surface area is 111 Å². The number of halogens is 1. The molecule has 2 N–H and O–H groups in total. The smallest absolute Gasteiger partial charge is 0.132 e. The fourth-order valence-electron chi connectivity index (χ4n) is 2.42. The van der Waals surface area contributed by atoms with Gasteiger partial charge in [0.15, 0.2) is 0 Å². The second-order valence-electron chi connectivity index (χ2n) is 4.91. The second-order valence-corrected chi connectivity index (χ2v) is 4.91. The first-order chi connectivity index (χ1) is 9.15. The molecule has 0 radical (unpaired) electrons. The van der Waals surface area contributed by atoms with E-state index < -0.39 is 0 Å². The number of benzene rings is 1. The Hall–Kier alpha value is -1.94. The predicted molar refractivity (Wildman–Crippen MR) is 73.9 cm³/mol. The van der Waals surface area contributed by atoms with Gasteiger partial charge in [-0.2, -0.15) is 0 Å².